The molecule has 7 nitrogen and oxygen atoms in total. The first-order valence-electron chi connectivity index (χ1n) is 16.1. The van der Waals surface area contributed by atoms with Crippen molar-refractivity contribution in [1.29, 1.82) is 0 Å². The summed E-state index contributed by atoms with van der Waals surface area (Å²) in [7, 11) is 0.921. The number of esters is 1. The monoisotopic (exact) mass is 724 g/mol. The van der Waals surface area contributed by atoms with Crippen molar-refractivity contribution in [3.63, 3.8) is 0 Å². The molecular weight excluding hydrogens is 687 g/mol. The van der Waals surface area contributed by atoms with Gasteiger partial charge in [0, 0.05) is 30.6 Å². The molecule has 1 unspecified atom stereocenters. The largest absolute Gasteiger partial charge is 0.466 e. The number of hydrogen-bond acceptors (Lipinski definition) is 5. The molecule has 1 heterocycles. The fraction of sp³-hybridized carbons (Fsp3) is 0.559. The van der Waals surface area contributed by atoms with Crippen molar-refractivity contribution in [3.8, 4) is 0 Å². The van der Waals surface area contributed by atoms with Gasteiger partial charge in [-0.3, -0.25) is 14.5 Å². The van der Waals surface area contributed by atoms with Crippen LogP contribution in [0.25, 0.3) is 0 Å². The fourth-order valence-corrected chi connectivity index (χ4v) is 6.84. The van der Waals surface area contributed by atoms with Crippen molar-refractivity contribution in [2.45, 2.75) is 96.0 Å². The van der Waals surface area contributed by atoms with E-state index in [2.05, 4.69) is 0 Å². The number of methoxy groups -OCH3 is 1. The molecule has 0 saturated heterocycles. The van der Waals surface area contributed by atoms with E-state index in [0.717, 1.165) is 30.2 Å². The van der Waals surface area contributed by atoms with Gasteiger partial charge < -0.3 is 14.4 Å². The van der Waals surface area contributed by atoms with Crippen LogP contribution in [0.3, 0.4) is 0 Å². The van der Waals surface area contributed by atoms with E-state index in [-0.39, 0.29) is 61.0 Å². The number of halogens is 9. The summed E-state index contributed by atoms with van der Waals surface area (Å²) in [5.74, 6) is -1.26. The summed E-state index contributed by atoms with van der Waals surface area (Å²) in [6.45, 7) is 2.75. The molecule has 0 radical (unpaired) electrons. The molecule has 1 saturated carbocycles. The zero-order valence-corrected chi connectivity index (χ0v) is 27.5. The molecule has 4 rings (SSSR count). The first-order valence-corrected chi connectivity index (χ1v) is 16.1. The standard InChI is InChI=1S/C34H37F9N2O5/c1-4-25-17-28(44(31(48)49-3)18-20-12-23(33(38,39)40)15-24(13-20)34(41,42)43)26-16-22(32(35,36)37)10-11-27(26)45(25)30(47)21-8-6-19(7-9-21)14-29(46)50-5-2/h10-13,15-16,19,21,25,28H,4-9,14,17-18H2,1-3H3/t19-,21-,25-,28?/m1/s1. The zero-order valence-electron chi connectivity index (χ0n) is 27.5. The highest BCUT2D eigenvalue weighted by molar-refractivity contribution is 5.97. The van der Waals surface area contributed by atoms with E-state index in [0.29, 0.717) is 37.8 Å². The number of benzene rings is 2. The number of nitrogens with zero attached hydrogens (tertiary/aromatic N) is 2. The van der Waals surface area contributed by atoms with Crippen LogP contribution in [0.1, 0.15) is 92.7 Å². The third-order valence-electron chi connectivity index (χ3n) is 9.28. The molecule has 1 aliphatic heterocycles. The first kappa shape index (κ1) is 38.8. The SMILES string of the molecule is CCOC(=O)C[C@H]1CC[C@H](C(=O)N2c3ccc(C(F)(F)F)cc3C(N(Cc3cc(C(F)(F)F)cc(C(F)(F)F)c3)C(=O)OC)C[C@H]2CC)CC1. The van der Waals surface area contributed by atoms with Crippen LogP contribution in [0.4, 0.5) is 50.0 Å². The number of rotatable bonds is 8. The molecule has 1 fully saturated rings. The normalized spacial score (nSPS) is 21.3. The minimum Gasteiger partial charge on any atom is -0.466 e. The van der Waals surface area contributed by atoms with Gasteiger partial charge in [-0.25, -0.2) is 4.79 Å². The third-order valence-corrected chi connectivity index (χ3v) is 9.28. The number of alkyl halides is 9. The molecular formula is C34H37F9N2O5. The molecule has 1 aliphatic carbocycles. The van der Waals surface area contributed by atoms with Crippen LogP contribution in [-0.2, 0) is 44.1 Å². The second-order valence-corrected chi connectivity index (χ2v) is 12.5. The Bertz CT molecular complexity index is 1520. The van der Waals surface area contributed by atoms with Crippen molar-refractivity contribution in [2.24, 2.45) is 11.8 Å². The summed E-state index contributed by atoms with van der Waals surface area (Å²) in [5.41, 5.74) is -5.11. The summed E-state index contributed by atoms with van der Waals surface area (Å²) < 4.78 is 134. The van der Waals surface area contributed by atoms with Crippen LogP contribution >= 0.6 is 0 Å². The Morgan fingerprint density at radius 3 is 1.90 bits per heavy atom. The van der Waals surface area contributed by atoms with E-state index in [1.165, 1.54) is 4.90 Å². The van der Waals surface area contributed by atoms with Crippen LogP contribution in [0, 0.1) is 11.8 Å². The second kappa shape index (κ2) is 15.1. The average molecular weight is 725 g/mol. The summed E-state index contributed by atoms with van der Waals surface area (Å²) in [5, 5.41) is 0. The van der Waals surface area contributed by atoms with E-state index in [4.69, 9.17) is 9.47 Å². The number of hydrogen-bond donors (Lipinski definition) is 0. The maximum absolute atomic E-state index is 14.1. The van der Waals surface area contributed by atoms with Gasteiger partial charge in [-0.05, 0) is 98.9 Å². The molecule has 50 heavy (non-hydrogen) atoms. The molecule has 16 heteroatoms. The molecule has 2 amide bonds. The molecule has 2 atom stereocenters. The van der Waals surface area contributed by atoms with E-state index in [1.54, 1.807) is 13.8 Å². The Morgan fingerprint density at radius 1 is 0.820 bits per heavy atom. The predicted molar refractivity (Wildman–Crippen MR) is 161 cm³/mol. The highest BCUT2D eigenvalue weighted by atomic mass is 19.4. The van der Waals surface area contributed by atoms with Gasteiger partial charge in [-0.2, -0.15) is 39.5 Å². The van der Waals surface area contributed by atoms with E-state index < -0.39 is 71.4 Å². The highest BCUT2D eigenvalue weighted by Crippen LogP contribution is 2.47. The molecule has 0 spiro atoms. The molecule has 2 aliphatic rings. The van der Waals surface area contributed by atoms with Gasteiger partial charge in [0.05, 0.1) is 36.4 Å². The van der Waals surface area contributed by atoms with E-state index >= 15 is 0 Å². The van der Waals surface area contributed by atoms with Crippen molar-refractivity contribution in [3.05, 3.63) is 64.2 Å². The van der Waals surface area contributed by atoms with Crippen molar-refractivity contribution in [2.75, 3.05) is 18.6 Å². The predicted octanol–water partition coefficient (Wildman–Crippen LogP) is 9.33. The lowest BCUT2D eigenvalue weighted by Crippen LogP contribution is -2.50. The molecule has 0 bridgehead atoms. The molecule has 0 aromatic heterocycles. The van der Waals surface area contributed by atoms with Gasteiger partial charge in [0.15, 0.2) is 0 Å². The third kappa shape index (κ3) is 8.84. The highest BCUT2D eigenvalue weighted by Gasteiger charge is 2.44. The van der Waals surface area contributed by atoms with Gasteiger partial charge in [0.25, 0.3) is 0 Å². The zero-order chi connectivity index (χ0) is 37.2. The molecule has 0 N–H and O–H groups in total. The molecule has 2 aromatic rings. The van der Waals surface area contributed by atoms with Gasteiger partial charge in [0.1, 0.15) is 0 Å². The topological polar surface area (TPSA) is 76.2 Å². The number of carbonyl (C=O) groups excluding carboxylic acids is 3. The van der Waals surface area contributed by atoms with E-state index in [1.807, 2.05) is 0 Å². The first-order chi connectivity index (χ1) is 23.3. The lowest BCUT2D eigenvalue weighted by Gasteiger charge is -2.45. The van der Waals surface area contributed by atoms with Gasteiger partial charge >= 0.3 is 30.6 Å². The number of ether oxygens (including phenoxy) is 2. The Balaban J connectivity index is 1.76. The fourth-order valence-electron chi connectivity index (χ4n) is 6.84. The van der Waals surface area contributed by atoms with Gasteiger partial charge in [0.2, 0.25) is 5.91 Å². The summed E-state index contributed by atoms with van der Waals surface area (Å²) >= 11 is 0. The van der Waals surface area contributed by atoms with Crippen molar-refractivity contribution >= 4 is 23.7 Å². The van der Waals surface area contributed by atoms with Crippen LogP contribution < -0.4 is 4.90 Å². The second-order valence-electron chi connectivity index (χ2n) is 12.5. The number of anilines is 1. The minimum atomic E-state index is -5.18. The van der Waals surface area contributed by atoms with Crippen LogP contribution in [-0.4, -0.2) is 42.6 Å². The van der Waals surface area contributed by atoms with Crippen LogP contribution in [0.5, 0.6) is 0 Å². The Kier molecular flexibility index (Phi) is 11.7. The summed E-state index contributed by atoms with van der Waals surface area (Å²) in [4.78, 5) is 41.5. The summed E-state index contributed by atoms with van der Waals surface area (Å²) in [6.07, 6.45) is -14.3. The average Bonchev–Trinajstić information content (AvgIpc) is 3.04. The molecule has 276 valence electrons. The van der Waals surface area contributed by atoms with Gasteiger partial charge in [-0.1, -0.05) is 6.92 Å². The van der Waals surface area contributed by atoms with Gasteiger partial charge in [-0.15, -0.1) is 0 Å². The Morgan fingerprint density at radius 2 is 1.40 bits per heavy atom. The lowest BCUT2D eigenvalue weighted by atomic mass is 9.79. The smallest absolute Gasteiger partial charge is 0.416 e. The Labute approximate surface area is 282 Å². The number of carbonyl (C=O) groups is 3. The molecule has 2 aromatic carbocycles. The van der Waals surface area contributed by atoms with E-state index in [9.17, 15) is 53.9 Å². The minimum absolute atomic E-state index is 0.00485. The summed E-state index contributed by atoms with van der Waals surface area (Å²) in [6, 6.07) is 1.36. The number of fused-ring (bicyclic) bond motifs is 1. The number of amides is 2. The quantitative estimate of drug-likeness (QED) is 0.201. The van der Waals surface area contributed by atoms with Crippen molar-refractivity contribution < 1.29 is 63.4 Å². The van der Waals surface area contributed by atoms with Crippen LogP contribution in [0.15, 0.2) is 36.4 Å². The maximum atomic E-state index is 14.1. The van der Waals surface area contributed by atoms with Crippen LogP contribution in [0.2, 0.25) is 0 Å². The lowest BCUT2D eigenvalue weighted by molar-refractivity contribution is -0.145. The maximum Gasteiger partial charge on any atom is 0.416 e. The van der Waals surface area contributed by atoms with Crippen molar-refractivity contribution in [1.82, 2.24) is 4.90 Å². The Hall–Kier alpha value is -3.98.